The van der Waals surface area contributed by atoms with Gasteiger partial charge in [0.25, 0.3) is 10.1 Å². The standard InChI is InChI=1S/C24H16Br2F4O9S/c25-23(27,28)12-36-21(31)14-1-5-16(6-2-14)38-18-9-10-20(40(33,34)35)19(11-18)39-17-7-3-15(4-8-17)22(32)37-13-24(26,29)30/h1-11H,12-13H2,(H,33,34,35). The molecule has 0 aliphatic rings. The van der Waals surface area contributed by atoms with Crippen molar-refractivity contribution in [2.45, 2.75) is 14.6 Å². The monoisotopic (exact) mass is 714 g/mol. The molecule has 1 N–H and O–H groups in total. The molecule has 0 bridgehead atoms. The molecule has 0 fully saturated rings. The number of benzene rings is 3. The van der Waals surface area contributed by atoms with E-state index in [0.717, 1.165) is 12.1 Å². The smallest absolute Gasteiger partial charge is 0.338 e. The predicted octanol–water partition coefficient (Wildman–Crippen LogP) is 6.81. The van der Waals surface area contributed by atoms with E-state index < -0.39 is 49.8 Å². The first kappa shape index (κ1) is 31.3. The highest BCUT2D eigenvalue weighted by atomic mass is 79.9. The fraction of sp³-hybridized carbons (Fsp3) is 0.167. The van der Waals surface area contributed by atoms with Crippen LogP contribution in [0, 0.1) is 0 Å². The Morgan fingerprint density at radius 3 is 1.50 bits per heavy atom. The van der Waals surface area contributed by atoms with E-state index >= 15 is 0 Å². The van der Waals surface area contributed by atoms with E-state index in [-0.39, 0.29) is 34.1 Å². The minimum absolute atomic E-state index is 0.00124. The number of hydrogen-bond donors (Lipinski definition) is 1. The second-order valence-electron chi connectivity index (χ2n) is 7.72. The Morgan fingerprint density at radius 1 is 0.700 bits per heavy atom. The normalized spacial score (nSPS) is 12.0. The molecule has 0 saturated carbocycles. The maximum Gasteiger partial charge on any atom is 0.338 e. The van der Waals surface area contributed by atoms with Crippen LogP contribution >= 0.6 is 31.9 Å². The molecule has 0 radical (unpaired) electrons. The van der Waals surface area contributed by atoms with Crippen LogP contribution in [0.25, 0.3) is 0 Å². The summed E-state index contributed by atoms with van der Waals surface area (Å²) in [6.07, 6.45) is 0. The first-order valence-corrected chi connectivity index (χ1v) is 13.7. The molecule has 9 nitrogen and oxygen atoms in total. The Balaban J connectivity index is 1.76. The summed E-state index contributed by atoms with van der Waals surface area (Å²) < 4.78 is 105. The third kappa shape index (κ3) is 9.76. The molecule has 214 valence electrons. The van der Waals surface area contributed by atoms with Crippen LogP contribution in [0.2, 0.25) is 0 Å². The van der Waals surface area contributed by atoms with Crippen LogP contribution in [0.3, 0.4) is 0 Å². The lowest BCUT2D eigenvalue weighted by molar-refractivity contribution is 0.00357. The third-order valence-electron chi connectivity index (χ3n) is 4.57. The van der Waals surface area contributed by atoms with Gasteiger partial charge in [0.1, 0.15) is 22.1 Å². The van der Waals surface area contributed by atoms with Crippen LogP contribution in [0.4, 0.5) is 17.6 Å². The third-order valence-corrected chi connectivity index (χ3v) is 5.92. The topological polar surface area (TPSA) is 125 Å². The van der Waals surface area contributed by atoms with Gasteiger partial charge in [-0.25, -0.2) is 9.59 Å². The molecule has 0 heterocycles. The molecule has 0 amide bonds. The Morgan fingerprint density at radius 2 is 1.10 bits per heavy atom. The Bertz CT molecular complexity index is 1470. The van der Waals surface area contributed by atoms with Gasteiger partial charge in [-0.05, 0) is 92.5 Å². The van der Waals surface area contributed by atoms with E-state index in [1.807, 2.05) is 15.9 Å². The first-order valence-electron chi connectivity index (χ1n) is 10.7. The predicted molar refractivity (Wildman–Crippen MR) is 138 cm³/mol. The van der Waals surface area contributed by atoms with Crippen LogP contribution < -0.4 is 9.47 Å². The van der Waals surface area contributed by atoms with E-state index in [1.165, 1.54) is 54.6 Å². The zero-order valence-corrected chi connectivity index (χ0v) is 23.6. The molecule has 0 atom stereocenters. The molecule has 40 heavy (non-hydrogen) atoms. The maximum atomic E-state index is 12.8. The SMILES string of the molecule is O=C(OCC(F)(F)Br)c1ccc(Oc2ccc(S(=O)(=O)O)c(Oc3ccc(C(=O)OCC(F)(F)Br)cc3)c2)cc1. The van der Waals surface area contributed by atoms with E-state index in [9.17, 15) is 40.1 Å². The minimum atomic E-state index is -4.76. The average molecular weight is 716 g/mol. The number of halogens is 6. The molecular weight excluding hydrogens is 700 g/mol. The summed E-state index contributed by atoms with van der Waals surface area (Å²) in [4.78, 5) is 16.4. The molecule has 0 aliphatic carbocycles. The van der Waals surface area contributed by atoms with Crippen molar-refractivity contribution in [3.63, 3.8) is 0 Å². The Labute approximate surface area is 241 Å². The van der Waals surface area contributed by atoms with Gasteiger partial charge in [0.15, 0.2) is 19.0 Å². The fourth-order valence-corrected chi connectivity index (χ4v) is 3.71. The van der Waals surface area contributed by atoms with Crippen molar-refractivity contribution in [2.75, 3.05) is 13.2 Å². The lowest BCUT2D eigenvalue weighted by Crippen LogP contribution is -2.18. The number of carbonyl (C=O) groups excluding carboxylic acids is 2. The van der Waals surface area contributed by atoms with Gasteiger partial charge in [-0.3, -0.25) is 4.55 Å². The van der Waals surface area contributed by atoms with Crippen LogP contribution in [0.5, 0.6) is 23.0 Å². The van der Waals surface area contributed by atoms with Crippen LogP contribution in [0.1, 0.15) is 20.7 Å². The van der Waals surface area contributed by atoms with Gasteiger partial charge in [-0.2, -0.15) is 26.0 Å². The Kier molecular flexibility index (Phi) is 9.81. The van der Waals surface area contributed by atoms with Crippen molar-refractivity contribution in [1.29, 1.82) is 0 Å². The van der Waals surface area contributed by atoms with Gasteiger partial charge in [0.05, 0.1) is 11.1 Å². The van der Waals surface area contributed by atoms with Crippen molar-refractivity contribution < 1.29 is 59.1 Å². The summed E-state index contributed by atoms with van der Waals surface area (Å²) in [5, 5.41) is 0. The number of hydrogen-bond acceptors (Lipinski definition) is 8. The number of carbonyl (C=O) groups is 2. The average Bonchev–Trinajstić information content (AvgIpc) is 2.85. The summed E-state index contributed by atoms with van der Waals surface area (Å²) in [5.74, 6) is -2.22. The van der Waals surface area contributed by atoms with Crippen LogP contribution in [-0.4, -0.2) is 47.8 Å². The highest BCUT2D eigenvalue weighted by molar-refractivity contribution is 9.10. The summed E-state index contributed by atoms with van der Waals surface area (Å²) in [6, 6.07) is 13.3. The van der Waals surface area contributed by atoms with E-state index in [2.05, 4.69) is 25.4 Å². The molecule has 16 heteroatoms. The molecule has 0 saturated heterocycles. The van der Waals surface area contributed by atoms with Crippen molar-refractivity contribution in [2.24, 2.45) is 0 Å². The van der Waals surface area contributed by atoms with Crippen LogP contribution in [0.15, 0.2) is 71.6 Å². The summed E-state index contributed by atoms with van der Waals surface area (Å²) in [7, 11) is -4.76. The van der Waals surface area contributed by atoms with E-state index in [0.29, 0.717) is 0 Å². The zero-order valence-electron chi connectivity index (χ0n) is 19.7. The molecular formula is C24H16Br2F4O9S. The second kappa shape index (κ2) is 12.5. The highest BCUT2D eigenvalue weighted by Gasteiger charge is 2.27. The molecule has 0 aliphatic heterocycles. The van der Waals surface area contributed by atoms with Crippen molar-refractivity contribution >= 4 is 53.9 Å². The Hall–Kier alpha value is -3.21. The molecule has 3 aromatic rings. The van der Waals surface area contributed by atoms with E-state index in [1.54, 1.807) is 0 Å². The lowest BCUT2D eigenvalue weighted by atomic mass is 10.2. The summed E-state index contributed by atoms with van der Waals surface area (Å²) in [6.45, 7) is -2.37. The van der Waals surface area contributed by atoms with E-state index in [4.69, 9.17) is 9.47 Å². The second-order valence-corrected chi connectivity index (χ2v) is 11.4. The first-order chi connectivity index (χ1) is 18.5. The summed E-state index contributed by atoms with van der Waals surface area (Å²) in [5.41, 5.74) is -0.132. The van der Waals surface area contributed by atoms with Gasteiger partial charge in [-0.1, -0.05) is 0 Å². The molecule has 3 rings (SSSR count). The number of ether oxygens (including phenoxy) is 4. The number of esters is 2. The van der Waals surface area contributed by atoms with Gasteiger partial charge >= 0.3 is 21.6 Å². The van der Waals surface area contributed by atoms with Crippen molar-refractivity contribution in [1.82, 2.24) is 0 Å². The van der Waals surface area contributed by atoms with Gasteiger partial charge < -0.3 is 18.9 Å². The van der Waals surface area contributed by atoms with Crippen LogP contribution in [-0.2, 0) is 19.6 Å². The molecule has 0 unspecified atom stereocenters. The maximum absolute atomic E-state index is 12.8. The molecule has 3 aromatic carbocycles. The van der Waals surface area contributed by atoms with Crippen molar-refractivity contribution in [3.05, 3.63) is 77.9 Å². The summed E-state index contributed by atoms with van der Waals surface area (Å²) >= 11 is 4.10. The zero-order chi connectivity index (χ0) is 29.7. The quantitative estimate of drug-likeness (QED) is 0.0987. The molecule has 0 spiro atoms. The van der Waals surface area contributed by atoms with Gasteiger partial charge in [0, 0.05) is 6.07 Å². The highest BCUT2D eigenvalue weighted by Crippen LogP contribution is 2.34. The lowest BCUT2D eigenvalue weighted by Gasteiger charge is -2.13. The van der Waals surface area contributed by atoms with Gasteiger partial charge in [0.2, 0.25) is 0 Å². The minimum Gasteiger partial charge on any atom is -0.457 e. The number of rotatable bonds is 11. The largest absolute Gasteiger partial charge is 0.457 e. The number of alkyl halides is 6. The fourth-order valence-electron chi connectivity index (χ4n) is 2.89. The van der Waals surface area contributed by atoms with Gasteiger partial charge in [-0.15, -0.1) is 0 Å². The van der Waals surface area contributed by atoms with Crippen molar-refractivity contribution in [3.8, 4) is 23.0 Å². The molecule has 0 aromatic heterocycles.